The average Bonchev–Trinajstić information content (AvgIpc) is 3.50. The lowest BCUT2D eigenvalue weighted by molar-refractivity contribution is -0.141. The van der Waals surface area contributed by atoms with Gasteiger partial charge in [0.15, 0.2) is 22.6 Å². The van der Waals surface area contributed by atoms with Gasteiger partial charge in [0.2, 0.25) is 11.6 Å². The second-order valence-electron chi connectivity index (χ2n) is 8.79. The largest absolute Gasteiger partial charge is 0.433 e. The van der Waals surface area contributed by atoms with E-state index in [0.29, 0.717) is 24.4 Å². The average molecular weight is 627 g/mol. The molecule has 0 unspecified atom stereocenters. The highest BCUT2D eigenvalue weighted by atomic mass is 35.5. The van der Waals surface area contributed by atoms with Crippen LogP contribution in [0.15, 0.2) is 18.3 Å². The smallest absolute Gasteiger partial charge is 0.336 e. The Kier molecular flexibility index (Phi) is 7.68. The van der Waals surface area contributed by atoms with Gasteiger partial charge in [0.05, 0.1) is 23.3 Å². The van der Waals surface area contributed by atoms with Gasteiger partial charge in [-0.1, -0.05) is 11.6 Å². The highest BCUT2D eigenvalue weighted by Crippen LogP contribution is 2.30. The van der Waals surface area contributed by atoms with Crippen LogP contribution in [0.1, 0.15) is 42.6 Å². The molecule has 0 spiro atoms. The van der Waals surface area contributed by atoms with E-state index in [-0.39, 0.29) is 28.6 Å². The molecule has 0 aromatic carbocycles. The number of halogens is 10. The summed E-state index contributed by atoms with van der Waals surface area (Å²) in [6, 6.07) is 1.71. The van der Waals surface area contributed by atoms with Crippen LogP contribution in [0.2, 0.25) is 5.15 Å². The molecule has 224 valence electrons. The first-order valence-corrected chi connectivity index (χ1v) is 11.7. The van der Waals surface area contributed by atoms with Gasteiger partial charge in [-0.25, -0.2) is 23.7 Å². The Balaban J connectivity index is 0.000000216. The number of aromatic nitrogens is 9. The molecule has 5 aromatic heterocycles. The van der Waals surface area contributed by atoms with Crippen LogP contribution < -0.4 is 5.32 Å². The van der Waals surface area contributed by atoms with Crippen molar-refractivity contribution in [1.29, 1.82) is 0 Å². The zero-order chi connectivity index (χ0) is 31.4. The summed E-state index contributed by atoms with van der Waals surface area (Å²) < 4.78 is 119. The number of hydrogen-bond acceptors (Lipinski definition) is 8. The molecule has 5 heterocycles. The minimum Gasteiger partial charge on any atom is -0.336 e. The van der Waals surface area contributed by atoms with Crippen molar-refractivity contribution >= 4 is 34.7 Å². The van der Waals surface area contributed by atoms with E-state index in [2.05, 4.69) is 40.4 Å². The third-order valence-electron chi connectivity index (χ3n) is 5.24. The van der Waals surface area contributed by atoms with Gasteiger partial charge in [-0.2, -0.15) is 49.7 Å². The number of aryl methyl sites for hydroxylation is 2. The molecule has 0 atom stereocenters. The van der Waals surface area contributed by atoms with Crippen molar-refractivity contribution in [1.82, 2.24) is 44.1 Å². The van der Waals surface area contributed by atoms with E-state index in [0.717, 1.165) is 16.8 Å². The van der Waals surface area contributed by atoms with Crippen molar-refractivity contribution < 1.29 is 39.5 Å². The van der Waals surface area contributed by atoms with Crippen molar-refractivity contribution in [3.05, 3.63) is 63.8 Å². The summed E-state index contributed by atoms with van der Waals surface area (Å²) in [6.07, 6.45) is -3.80. The fourth-order valence-electron chi connectivity index (χ4n) is 3.19. The molecule has 0 saturated carbocycles. The zero-order valence-electron chi connectivity index (χ0n) is 21.5. The lowest BCUT2D eigenvalue weighted by Gasteiger charge is -2.11. The van der Waals surface area contributed by atoms with Crippen LogP contribution in [0, 0.1) is 25.5 Å². The standard InChI is InChI=1S/C14H10F6N6.C8H6ClF3N4/c1-6-9(15)10(23-7-3-4-8(21-5-7)14(18,19)20)26-12(22-6)24-11(25-26)13(2,16)17;1-3-4(10)5(9)16-7(13-3)14-6(15-16)8(2,11)12/h3-5,23H,1-2H3;1-2H3. The number of nitrogens with one attached hydrogen (secondary N) is 1. The molecule has 0 amide bonds. The summed E-state index contributed by atoms with van der Waals surface area (Å²) in [5.41, 5.74) is -1.31. The molecular weight excluding hydrogens is 611 g/mol. The highest BCUT2D eigenvalue weighted by Gasteiger charge is 2.33. The molecule has 0 bridgehead atoms. The first-order valence-electron chi connectivity index (χ1n) is 11.4. The fourth-order valence-corrected chi connectivity index (χ4v) is 3.44. The molecule has 0 aliphatic heterocycles. The van der Waals surface area contributed by atoms with E-state index >= 15 is 0 Å². The Morgan fingerprint density at radius 2 is 1.24 bits per heavy atom. The Bertz CT molecular complexity index is 1770. The summed E-state index contributed by atoms with van der Waals surface area (Å²) in [7, 11) is 0. The van der Waals surface area contributed by atoms with Gasteiger partial charge in [0.25, 0.3) is 11.6 Å². The number of pyridine rings is 1. The molecule has 5 aromatic rings. The first kappa shape index (κ1) is 30.7. The summed E-state index contributed by atoms with van der Waals surface area (Å²) >= 11 is 5.60. The maximum atomic E-state index is 14.4. The Hall–Kier alpha value is -4.29. The first-order chi connectivity index (χ1) is 19.3. The predicted molar refractivity (Wildman–Crippen MR) is 128 cm³/mol. The predicted octanol–water partition coefficient (Wildman–Crippen LogP) is 6.18. The van der Waals surface area contributed by atoms with Gasteiger partial charge in [-0.15, -0.1) is 10.2 Å². The van der Waals surface area contributed by atoms with Crippen LogP contribution in [0.4, 0.5) is 51.0 Å². The monoisotopic (exact) mass is 626 g/mol. The summed E-state index contributed by atoms with van der Waals surface area (Å²) in [6.45, 7) is 3.85. The van der Waals surface area contributed by atoms with Gasteiger partial charge in [0, 0.05) is 13.8 Å². The number of anilines is 2. The Morgan fingerprint density at radius 1 is 0.738 bits per heavy atom. The van der Waals surface area contributed by atoms with Gasteiger partial charge < -0.3 is 5.32 Å². The fraction of sp³-hybridized carbons (Fsp3) is 0.318. The molecule has 0 fully saturated rings. The van der Waals surface area contributed by atoms with Crippen LogP contribution in [-0.2, 0) is 18.0 Å². The van der Waals surface area contributed by atoms with Gasteiger partial charge in [-0.3, -0.25) is 0 Å². The van der Waals surface area contributed by atoms with Gasteiger partial charge in [0.1, 0.15) is 5.69 Å². The Morgan fingerprint density at radius 3 is 1.71 bits per heavy atom. The van der Waals surface area contributed by atoms with Crippen molar-refractivity contribution in [3.63, 3.8) is 0 Å². The molecular formula is C22H16ClF9N10. The lowest BCUT2D eigenvalue weighted by Crippen LogP contribution is -2.11. The highest BCUT2D eigenvalue weighted by molar-refractivity contribution is 6.29. The van der Waals surface area contributed by atoms with Crippen LogP contribution in [-0.4, -0.2) is 44.1 Å². The van der Waals surface area contributed by atoms with Crippen molar-refractivity contribution in [2.45, 2.75) is 45.7 Å². The molecule has 0 saturated heterocycles. The van der Waals surface area contributed by atoms with Crippen LogP contribution in [0.5, 0.6) is 0 Å². The van der Waals surface area contributed by atoms with E-state index in [1.54, 1.807) is 0 Å². The number of fused-ring (bicyclic) bond motifs is 2. The van der Waals surface area contributed by atoms with Crippen molar-refractivity contribution in [2.75, 3.05) is 5.32 Å². The van der Waals surface area contributed by atoms with E-state index in [1.165, 1.54) is 13.8 Å². The number of hydrogen-bond donors (Lipinski definition) is 1. The molecule has 0 aliphatic carbocycles. The number of rotatable bonds is 4. The molecule has 0 aliphatic rings. The van der Waals surface area contributed by atoms with Gasteiger partial charge >= 0.3 is 18.0 Å². The second kappa shape index (κ2) is 10.5. The van der Waals surface area contributed by atoms with E-state index in [1.807, 2.05) is 0 Å². The maximum Gasteiger partial charge on any atom is 0.433 e. The topological polar surface area (TPSA) is 111 Å². The zero-order valence-corrected chi connectivity index (χ0v) is 22.3. The third kappa shape index (κ3) is 6.14. The minimum atomic E-state index is -4.63. The number of nitrogens with zero attached hydrogens (tertiary/aromatic N) is 9. The normalized spacial score (nSPS) is 12.5. The quantitative estimate of drug-likeness (QED) is 0.186. The van der Waals surface area contributed by atoms with E-state index in [4.69, 9.17) is 11.6 Å². The molecule has 0 radical (unpaired) electrons. The molecule has 42 heavy (non-hydrogen) atoms. The molecule has 1 N–H and O–H groups in total. The molecule has 10 nitrogen and oxygen atoms in total. The number of alkyl halides is 7. The van der Waals surface area contributed by atoms with Crippen LogP contribution in [0.3, 0.4) is 0 Å². The Labute approximate surface area is 233 Å². The summed E-state index contributed by atoms with van der Waals surface area (Å²) in [5.74, 6) is -10.8. The van der Waals surface area contributed by atoms with Crippen molar-refractivity contribution in [3.8, 4) is 0 Å². The lowest BCUT2D eigenvalue weighted by atomic mass is 10.3. The summed E-state index contributed by atoms with van der Waals surface area (Å²) in [4.78, 5) is 17.7. The molecule has 5 rings (SSSR count). The maximum absolute atomic E-state index is 14.4. The van der Waals surface area contributed by atoms with Crippen LogP contribution >= 0.6 is 11.6 Å². The van der Waals surface area contributed by atoms with Gasteiger partial charge in [-0.05, 0) is 26.0 Å². The SMILES string of the molecule is Cc1nc2nc(C(C)(F)F)nn2c(Cl)c1F.Cc1nc2nc(C(C)(F)F)nn2c(Nc2ccc(C(F)(F)F)nc2)c1F. The van der Waals surface area contributed by atoms with E-state index < -0.39 is 58.0 Å². The van der Waals surface area contributed by atoms with Crippen LogP contribution in [0.25, 0.3) is 11.6 Å². The van der Waals surface area contributed by atoms with Crippen molar-refractivity contribution in [2.24, 2.45) is 0 Å². The summed E-state index contributed by atoms with van der Waals surface area (Å²) in [5, 5.41) is 8.99. The minimum absolute atomic E-state index is 0.0101. The third-order valence-corrected chi connectivity index (χ3v) is 5.57. The van der Waals surface area contributed by atoms with E-state index in [9.17, 15) is 39.5 Å². The second-order valence-corrected chi connectivity index (χ2v) is 9.15. The molecule has 20 heteroatoms.